The van der Waals surface area contributed by atoms with Crippen molar-refractivity contribution >= 4 is 29.8 Å². The summed E-state index contributed by atoms with van der Waals surface area (Å²) in [6.45, 7) is 26.8. The number of aliphatic carboxylic acids is 1. The highest BCUT2D eigenvalue weighted by Gasteiger charge is 2.36. The molecule has 0 aromatic heterocycles. The molecule has 0 radical (unpaired) electrons. The number of esters is 3. The van der Waals surface area contributed by atoms with Crippen LogP contribution < -0.4 is 5.32 Å². The van der Waals surface area contributed by atoms with Crippen LogP contribution in [0.2, 0.25) is 0 Å². The molecular weight excluding hydrogens is 634 g/mol. The summed E-state index contributed by atoms with van der Waals surface area (Å²) >= 11 is 0. The quantitative estimate of drug-likeness (QED) is 0.253. The largest absolute Gasteiger partial charge is 0.480 e. The van der Waals surface area contributed by atoms with Crippen molar-refractivity contribution in [3.63, 3.8) is 0 Å². The summed E-state index contributed by atoms with van der Waals surface area (Å²) in [5.74, 6) is -2.79. The van der Waals surface area contributed by atoms with E-state index in [0.717, 1.165) is 0 Å². The van der Waals surface area contributed by atoms with Crippen molar-refractivity contribution in [1.82, 2.24) is 24.9 Å². The Bertz CT molecular complexity index is 1100. The molecular formula is C35H65N5O9. The number of hydrogen-bond donors (Lipinski definition) is 2. The molecule has 5 unspecified atom stereocenters. The lowest BCUT2D eigenvalue weighted by Gasteiger charge is -2.44. The fourth-order valence-electron chi connectivity index (χ4n) is 5.78. The van der Waals surface area contributed by atoms with Crippen molar-refractivity contribution in [2.45, 2.75) is 144 Å². The molecule has 1 fully saturated rings. The highest BCUT2D eigenvalue weighted by atomic mass is 16.6. The van der Waals surface area contributed by atoms with Gasteiger partial charge in [0, 0.05) is 50.3 Å². The standard InChI is InChI=1S/C35H65N5O9/c1-23-17-38(21-30(44)48-34(9,10)11)25(3)19-40(27(5)32(46)36-15-28(41)42)26(4)18-39(22-31(45)49-35(12,13)14)24(2)16-37(23)20-29(43)47-33(6,7)8/h23-27H,15-22H2,1-14H3,(H,36,46)(H,41,42). The summed E-state index contributed by atoms with van der Waals surface area (Å²) < 4.78 is 17.1. The van der Waals surface area contributed by atoms with Gasteiger partial charge in [0.25, 0.3) is 0 Å². The van der Waals surface area contributed by atoms with E-state index in [4.69, 9.17) is 14.2 Å². The van der Waals surface area contributed by atoms with E-state index in [9.17, 15) is 29.1 Å². The van der Waals surface area contributed by atoms with Gasteiger partial charge in [-0.05, 0) is 96.9 Å². The van der Waals surface area contributed by atoms with Gasteiger partial charge in [-0.2, -0.15) is 0 Å². The second-order valence-electron chi connectivity index (χ2n) is 16.4. The van der Waals surface area contributed by atoms with Crippen molar-refractivity contribution in [2.24, 2.45) is 0 Å². The van der Waals surface area contributed by atoms with Gasteiger partial charge >= 0.3 is 23.9 Å². The summed E-state index contributed by atoms with van der Waals surface area (Å²) in [6, 6.07) is -1.83. The smallest absolute Gasteiger partial charge is 0.322 e. The number of carbonyl (C=O) groups is 5. The molecule has 0 spiro atoms. The van der Waals surface area contributed by atoms with Gasteiger partial charge in [0.05, 0.1) is 25.7 Å². The first kappa shape index (κ1) is 44.2. The number of carboxylic acid groups (broad SMARTS) is 1. The first-order chi connectivity index (χ1) is 22.2. The van der Waals surface area contributed by atoms with Crippen LogP contribution in [-0.2, 0) is 38.2 Å². The predicted molar refractivity (Wildman–Crippen MR) is 187 cm³/mol. The highest BCUT2D eigenvalue weighted by molar-refractivity contribution is 5.85. The summed E-state index contributed by atoms with van der Waals surface area (Å²) in [4.78, 5) is 71.9. The Hall–Kier alpha value is -2.81. The zero-order valence-electron chi connectivity index (χ0n) is 32.5. The predicted octanol–water partition coefficient (Wildman–Crippen LogP) is 2.38. The Balaban J connectivity index is 3.68. The Morgan fingerprint density at radius 2 is 0.918 bits per heavy atom. The lowest BCUT2D eigenvalue weighted by molar-refractivity contribution is -0.160. The molecule has 14 nitrogen and oxygen atoms in total. The van der Waals surface area contributed by atoms with Gasteiger partial charge < -0.3 is 24.6 Å². The van der Waals surface area contributed by atoms with Crippen LogP contribution in [0.1, 0.15) is 96.9 Å². The molecule has 1 aliphatic rings. The van der Waals surface area contributed by atoms with E-state index in [1.807, 2.05) is 68.1 Å². The Labute approximate surface area is 294 Å². The Morgan fingerprint density at radius 1 is 0.612 bits per heavy atom. The van der Waals surface area contributed by atoms with Gasteiger partial charge in [0.2, 0.25) is 5.91 Å². The first-order valence-corrected chi connectivity index (χ1v) is 17.3. The Kier molecular flexibility index (Phi) is 16.6. The topological polar surface area (TPSA) is 158 Å². The summed E-state index contributed by atoms with van der Waals surface area (Å²) in [5.41, 5.74) is -2.05. The highest BCUT2D eigenvalue weighted by Crippen LogP contribution is 2.20. The molecule has 1 rings (SSSR count). The van der Waals surface area contributed by atoms with E-state index < -0.39 is 53.2 Å². The third-order valence-electron chi connectivity index (χ3n) is 7.95. The molecule has 0 aliphatic carbocycles. The van der Waals surface area contributed by atoms with Crippen molar-refractivity contribution in [1.29, 1.82) is 0 Å². The molecule has 0 aromatic rings. The molecule has 284 valence electrons. The number of carboxylic acids is 1. The van der Waals surface area contributed by atoms with Crippen LogP contribution in [0.25, 0.3) is 0 Å². The molecule has 2 N–H and O–H groups in total. The number of nitrogens with one attached hydrogen (secondary N) is 1. The molecule has 1 heterocycles. The normalized spacial score (nSPS) is 23.8. The van der Waals surface area contributed by atoms with Crippen LogP contribution in [0.3, 0.4) is 0 Å². The van der Waals surface area contributed by atoms with Gasteiger partial charge in [0.1, 0.15) is 23.3 Å². The van der Waals surface area contributed by atoms with Gasteiger partial charge in [-0.3, -0.25) is 43.6 Å². The molecule has 1 amide bonds. The average molecular weight is 700 g/mol. The second-order valence-corrected chi connectivity index (χ2v) is 16.4. The molecule has 0 aromatic carbocycles. The van der Waals surface area contributed by atoms with Crippen LogP contribution in [-0.4, -0.2) is 154 Å². The van der Waals surface area contributed by atoms with E-state index >= 15 is 0 Å². The summed E-state index contributed by atoms with van der Waals surface area (Å²) in [5, 5.41) is 11.7. The summed E-state index contributed by atoms with van der Waals surface area (Å²) in [7, 11) is 0. The third kappa shape index (κ3) is 17.6. The SMILES string of the molecule is CC1CN(CC(=O)OC(C)(C)C)C(C)CN(C(C)C(=O)NCC(=O)O)C(C)CN(CC(=O)OC(C)(C)C)C(C)CN1CC(=O)OC(C)(C)C. The second kappa shape index (κ2) is 18.4. The molecule has 1 aliphatic heterocycles. The number of amides is 1. The zero-order chi connectivity index (χ0) is 38.1. The molecule has 0 saturated carbocycles. The van der Waals surface area contributed by atoms with E-state index in [-0.39, 0.29) is 49.8 Å². The molecule has 0 bridgehead atoms. The van der Waals surface area contributed by atoms with Crippen molar-refractivity contribution < 1.29 is 43.3 Å². The number of rotatable bonds is 10. The number of carbonyl (C=O) groups excluding carboxylic acids is 4. The average Bonchev–Trinajstić information content (AvgIpc) is 2.89. The van der Waals surface area contributed by atoms with Crippen LogP contribution >= 0.6 is 0 Å². The van der Waals surface area contributed by atoms with Crippen molar-refractivity contribution in [3.8, 4) is 0 Å². The van der Waals surface area contributed by atoms with Gasteiger partial charge in [-0.25, -0.2) is 0 Å². The zero-order valence-corrected chi connectivity index (χ0v) is 32.5. The molecule has 5 atom stereocenters. The Morgan fingerprint density at radius 3 is 1.22 bits per heavy atom. The number of ether oxygens (including phenoxy) is 3. The maximum Gasteiger partial charge on any atom is 0.322 e. The maximum absolute atomic E-state index is 13.2. The lowest BCUT2D eigenvalue weighted by atomic mass is 10.1. The lowest BCUT2D eigenvalue weighted by Crippen LogP contribution is -2.60. The minimum Gasteiger partial charge on any atom is -0.480 e. The van der Waals surface area contributed by atoms with Crippen molar-refractivity contribution in [3.05, 3.63) is 0 Å². The van der Waals surface area contributed by atoms with Gasteiger partial charge in [-0.1, -0.05) is 0 Å². The minimum atomic E-state index is -1.15. The van der Waals surface area contributed by atoms with Crippen LogP contribution in [0.4, 0.5) is 0 Å². The third-order valence-corrected chi connectivity index (χ3v) is 7.95. The van der Waals surface area contributed by atoms with Gasteiger partial charge in [-0.15, -0.1) is 0 Å². The van der Waals surface area contributed by atoms with Crippen molar-refractivity contribution in [2.75, 3.05) is 52.4 Å². The number of nitrogens with zero attached hydrogens (tertiary/aromatic N) is 4. The molecule has 14 heteroatoms. The monoisotopic (exact) mass is 699 g/mol. The van der Waals surface area contributed by atoms with Gasteiger partial charge in [0.15, 0.2) is 0 Å². The van der Waals surface area contributed by atoms with E-state index in [1.54, 1.807) is 48.5 Å². The van der Waals surface area contributed by atoms with E-state index in [1.165, 1.54) is 0 Å². The fraction of sp³-hybridized carbons (Fsp3) is 0.857. The summed E-state index contributed by atoms with van der Waals surface area (Å²) in [6.07, 6.45) is 0. The van der Waals surface area contributed by atoms with Crippen LogP contribution in [0.5, 0.6) is 0 Å². The fourth-order valence-corrected chi connectivity index (χ4v) is 5.78. The van der Waals surface area contributed by atoms with Crippen LogP contribution in [0.15, 0.2) is 0 Å². The number of hydrogen-bond acceptors (Lipinski definition) is 12. The molecule has 49 heavy (non-hydrogen) atoms. The van der Waals surface area contributed by atoms with E-state index in [0.29, 0.717) is 26.2 Å². The first-order valence-electron chi connectivity index (χ1n) is 17.3. The van der Waals surface area contributed by atoms with E-state index in [2.05, 4.69) is 5.32 Å². The molecule has 1 saturated heterocycles. The van der Waals surface area contributed by atoms with Crippen LogP contribution in [0, 0.1) is 0 Å². The maximum atomic E-state index is 13.2. The minimum absolute atomic E-state index is 0.000173.